The molecule has 0 aliphatic rings. The summed E-state index contributed by atoms with van der Waals surface area (Å²) in [6.45, 7) is 9.60. The van der Waals surface area contributed by atoms with Gasteiger partial charge in [0.1, 0.15) is 12.4 Å². The Morgan fingerprint density at radius 1 is 1.15 bits per heavy atom. The molecule has 0 saturated carbocycles. The highest BCUT2D eigenvalue weighted by Crippen LogP contribution is 2.28. The number of likely N-dealkylation sites (N-methyl/N-ethyl adjacent to an activating group) is 1. The number of rotatable bonds is 10. The summed E-state index contributed by atoms with van der Waals surface area (Å²) in [4.78, 5) is 15.9. The number of amides is 1. The van der Waals surface area contributed by atoms with Crippen LogP contribution in [-0.2, 0) is 4.79 Å². The molecule has 0 saturated heterocycles. The highest BCUT2D eigenvalue weighted by Gasteiger charge is 2.16. The van der Waals surface area contributed by atoms with Crippen LogP contribution in [0.2, 0.25) is 5.02 Å². The Hall–Kier alpha value is -1.69. The molecule has 1 unspecified atom stereocenters. The van der Waals surface area contributed by atoms with Crippen LogP contribution in [0.3, 0.4) is 0 Å². The average molecular weight is 407 g/mol. The lowest BCUT2D eigenvalue weighted by Crippen LogP contribution is -2.28. The van der Waals surface area contributed by atoms with Gasteiger partial charge >= 0.3 is 0 Å². The van der Waals surface area contributed by atoms with Crippen molar-refractivity contribution in [2.24, 2.45) is 0 Å². The number of thioether (sulfide) groups is 1. The Kier molecular flexibility index (Phi) is 8.98. The maximum Gasteiger partial charge on any atom is 0.237 e. The van der Waals surface area contributed by atoms with Crippen LogP contribution in [0.25, 0.3) is 0 Å². The highest BCUT2D eigenvalue weighted by molar-refractivity contribution is 8.00. The fourth-order valence-corrected chi connectivity index (χ4v) is 3.52. The summed E-state index contributed by atoms with van der Waals surface area (Å²) in [7, 11) is 0. The molecule has 0 aliphatic heterocycles. The van der Waals surface area contributed by atoms with Crippen LogP contribution in [0.5, 0.6) is 5.75 Å². The van der Waals surface area contributed by atoms with E-state index < -0.39 is 0 Å². The van der Waals surface area contributed by atoms with Gasteiger partial charge in [-0.25, -0.2) is 0 Å². The molecule has 0 bridgehead atoms. The van der Waals surface area contributed by atoms with Gasteiger partial charge in [-0.2, -0.15) is 0 Å². The van der Waals surface area contributed by atoms with Crippen LogP contribution in [-0.4, -0.2) is 42.3 Å². The number of nitrogens with one attached hydrogen (secondary N) is 1. The predicted molar refractivity (Wildman–Crippen MR) is 115 cm³/mol. The largest absolute Gasteiger partial charge is 0.490 e. The van der Waals surface area contributed by atoms with Gasteiger partial charge in [-0.05, 0) is 56.4 Å². The molecule has 0 radical (unpaired) electrons. The summed E-state index contributed by atoms with van der Waals surface area (Å²) in [5.41, 5.74) is 0.700. The number of nitrogens with zero attached hydrogens (tertiary/aromatic N) is 1. The van der Waals surface area contributed by atoms with Gasteiger partial charge in [-0.1, -0.05) is 37.6 Å². The zero-order valence-electron chi connectivity index (χ0n) is 16.1. The molecule has 146 valence electrons. The third kappa shape index (κ3) is 7.09. The molecule has 6 heteroatoms. The first-order valence-corrected chi connectivity index (χ1v) is 10.5. The lowest BCUT2D eigenvalue weighted by Gasteiger charge is -2.19. The summed E-state index contributed by atoms with van der Waals surface area (Å²) in [6.07, 6.45) is 0. The van der Waals surface area contributed by atoms with E-state index in [0.717, 1.165) is 24.5 Å². The van der Waals surface area contributed by atoms with Crippen molar-refractivity contribution in [3.05, 3.63) is 53.6 Å². The van der Waals surface area contributed by atoms with Crippen molar-refractivity contribution >= 4 is 35.0 Å². The van der Waals surface area contributed by atoms with Crippen molar-refractivity contribution in [2.45, 2.75) is 30.9 Å². The summed E-state index contributed by atoms with van der Waals surface area (Å²) >= 11 is 7.40. The molecule has 2 aromatic rings. The lowest BCUT2D eigenvalue weighted by atomic mass is 10.3. The number of hydrogen-bond donors (Lipinski definition) is 1. The van der Waals surface area contributed by atoms with E-state index in [1.54, 1.807) is 0 Å². The monoisotopic (exact) mass is 406 g/mol. The molecule has 0 aliphatic carbocycles. The van der Waals surface area contributed by atoms with Crippen molar-refractivity contribution in [3.8, 4) is 5.75 Å². The number of carbonyl (C=O) groups is 1. The molecule has 2 rings (SSSR count). The Balaban J connectivity index is 1.93. The minimum absolute atomic E-state index is 0.0604. The van der Waals surface area contributed by atoms with Gasteiger partial charge in [0, 0.05) is 16.5 Å². The zero-order chi connectivity index (χ0) is 19.6. The fraction of sp³-hybridized carbons (Fsp3) is 0.381. The van der Waals surface area contributed by atoms with E-state index in [2.05, 4.69) is 24.1 Å². The first-order valence-electron chi connectivity index (χ1n) is 9.20. The fourth-order valence-electron chi connectivity index (χ4n) is 2.53. The van der Waals surface area contributed by atoms with Crippen LogP contribution in [0.4, 0.5) is 5.69 Å². The minimum Gasteiger partial charge on any atom is -0.490 e. The minimum atomic E-state index is -0.241. The van der Waals surface area contributed by atoms with E-state index in [0.29, 0.717) is 23.1 Å². The van der Waals surface area contributed by atoms with Crippen LogP contribution >= 0.6 is 23.4 Å². The number of benzene rings is 2. The molecular formula is C21H27ClN2O2S. The van der Waals surface area contributed by atoms with Crippen LogP contribution < -0.4 is 10.1 Å². The van der Waals surface area contributed by atoms with E-state index in [9.17, 15) is 4.79 Å². The first-order chi connectivity index (χ1) is 13.0. The topological polar surface area (TPSA) is 41.6 Å². The van der Waals surface area contributed by atoms with Gasteiger partial charge in [0.25, 0.3) is 0 Å². The number of halogens is 1. The number of hydrogen-bond acceptors (Lipinski definition) is 4. The van der Waals surface area contributed by atoms with Crippen molar-refractivity contribution < 1.29 is 9.53 Å². The number of carbonyl (C=O) groups excluding carboxylic acids is 1. The van der Waals surface area contributed by atoms with Crippen LogP contribution in [0.1, 0.15) is 20.8 Å². The van der Waals surface area contributed by atoms with Gasteiger partial charge in [0.2, 0.25) is 5.91 Å². The molecule has 0 heterocycles. The Labute approximate surface area is 171 Å². The number of para-hydroxylation sites is 2. The van der Waals surface area contributed by atoms with Gasteiger partial charge in [-0.15, -0.1) is 11.8 Å². The molecular weight excluding hydrogens is 380 g/mol. The smallest absolute Gasteiger partial charge is 0.237 e. The lowest BCUT2D eigenvalue weighted by molar-refractivity contribution is -0.115. The number of ether oxygens (including phenoxy) is 1. The molecule has 0 spiro atoms. The molecule has 1 amide bonds. The Morgan fingerprint density at radius 2 is 1.81 bits per heavy atom. The van der Waals surface area contributed by atoms with E-state index in [-0.39, 0.29) is 11.2 Å². The van der Waals surface area contributed by atoms with Crippen molar-refractivity contribution in [3.63, 3.8) is 0 Å². The Bertz CT molecular complexity index is 720. The standard InChI is InChI=1S/C21H27ClN2O2S/c1-4-24(5-2)14-15-26-20-9-7-6-8-19(20)23-21(25)16(3)27-18-12-10-17(22)11-13-18/h6-13,16H,4-5,14-15H2,1-3H3,(H,23,25). The molecule has 4 nitrogen and oxygen atoms in total. The predicted octanol–water partition coefficient (Wildman–Crippen LogP) is 5.18. The van der Waals surface area contributed by atoms with Crippen molar-refractivity contribution in [1.29, 1.82) is 0 Å². The first kappa shape index (κ1) is 21.6. The molecule has 2 aromatic carbocycles. The van der Waals surface area contributed by atoms with Gasteiger partial charge in [0.05, 0.1) is 10.9 Å². The van der Waals surface area contributed by atoms with Gasteiger partial charge in [-0.3, -0.25) is 4.79 Å². The maximum atomic E-state index is 12.6. The summed E-state index contributed by atoms with van der Waals surface area (Å²) in [5.74, 6) is 0.636. The molecule has 1 N–H and O–H groups in total. The summed E-state index contributed by atoms with van der Waals surface area (Å²) in [5, 5.41) is 3.43. The molecule has 1 atom stereocenters. The quantitative estimate of drug-likeness (QED) is 0.552. The average Bonchev–Trinajstić information content (AvgIpc) is 2.68. The second kappa shape index (κ2) is 11.2. The maximum absolute atomic E-state index is 12.6. The van der Waals surface area contributed by atoms with Crippen molar-refractivity contribution in [2.75, 3.05) is 31.6 Å². The van der Waals surface area contributed by atoms with Gasteiger partial charge in [0.15, 0.2) is 0 Å². The molecule has 27 heavy (non-hydrogen) atoms. The van der Waals surface area contributed by atoms with Gasteiger partial charge < -0.3 is 15.0 Å². The van der Waals surface area contributed by atoms with E-state index in [4.69, 9.17) is 16.3 Å². The second-order valence-electron chi connectivity index (χ2n) is 6.07. The summed E-state index contributed by atoms with van der Waals surface area (Å²) in [6, 6.07) is 15.0. The third-order valence-electron chi connectivity index (χ3n) is 4.20. The van der Waals surface area contributed by atoms with Crippen LogP contribution in [0, 0.1) is 0 Å². The van der Waals surface area contributed by atoms with E-state index >= 15 is 0 Å². The zero-order valence-corrected chi connectivity index (χ0v) is 17.6. The highest BCUT2D eigenvalue weighted by atomic mass is 35.5. The van der Waals surface area contributed by atoms with E-state index in [1.807, 2.05) is 55.5 Å². The van der Waals surface area contributed by atoms with Crippen molar-refractivity contribution in [1.82, 2.24) is 4.90 Å². The SMILES string of the molecule is CCN(CC)CCOc1ccccc1NC(=O)C(C)Sc1ccc(Cl)cc1. The summed E-state index contributed by atoms with van der Waals surface area (Å²) < 4.78 is 5.91. The second-order valence-corrected chi connectivity index (χ2v) is 7.93. The van der Waals surface area contributed by atoms with E-state index in [1.165, 1.54) is 11.8 Å². The number of anilines is 1. The molecule has 0 fully saturated rings. The molecule has 0 aromatic heterocycles. The third-order valence-corrected chi connectivity index (χ3v) is 5.56. The normalized spacial score (nSPS) is 12.0. The van der Waals surface area contributed by atoms with Crippen LogP contribution in [0.15, 0.2) is 53.4 Å². The Morgan fingerprint density at radius 3 is 2.48 bits per heavy atom.